The van der Waals surface area contributed by atoms with Crippen molar-refractivity contribution in [1.82, 2.24) is 4.72 Å². The van der Waals surface area contributed by atoms with E-state index in [1.54, 1.807) is 0 Å². The number of rotatable bonds is 5. The van der Waals surface area contributed by atoms with E-state index in [-0.39, 0.29) is 17.8 Å². The maximum atomic E-state index is 12.1. The summed E-state index contributed by atoms with van der Waals surface area (Å²) in [7, 11) is -3.29. The largest absolute Gasteiger partial charge is 0.394 e. The Bertz CT molecular complexity index is 351. The van der Waals surface area contributed by atoms with Gasteiger partial charge in [-0.05, 0) is 24.7 Å². The van der Waals surface area contributed by atoms with Crippen molar-refractivity contribution in [2.45, 2.75) is 64.8 Å². The lowest BCUT2D eigenvalue weighted by molar-refractivity contribution is 0.142. The van der Waals surface area contributed by atoms with E-state index in [4.69, 9.17) is 0 Å². The molecule has 0 spiro atoms. The van der Waals surface area contributed by atoms with E-state index in [1.165, 1.54) is 0 Å². The maximum absolute atomic E-state index is 12.1. The van der Waals surface area contributed by atoms with Crippen molar-refractivity contribution in [2.75, 3.05) is 12.4 Å². The highest BCUT2D eigenvalue weighted by atomic mass is 32.2. The number of sulfonamides is 1. The van der Waals surface area contributed by atoms with Gasteiger partial charge in [0.1, 0.15) is 0 Å². The van der Waals surface area contributed by atoms with Crippen molar-refractivity contribution in [2.24, 2.45) is 5.41 Å². The third kappa shape index (κ3) is 5.24. The minimum absolute atomic E-state index is 0.00763. The van der Waals surface area contributed by atoms with Crippen LogP contribution in [0, 0.1) is 5.41 Å². The molecule has 1 aliphatic carbocycles. The Balaban J connectivity index is 2.62. The van der Waals surface area contributed by atoms with Crippen LogP contribution in [0.15, 0.2) is 0 Å². The molecule has 1 saturated carbocycles. The van der Waals surface area contributed by atoms with Crippen molar-refractivity contribution < 1.29 is 13.5 Å². The molecule has 0 aromatic rings. The Morgan fingerprint density at radius 1 is 1.17 bits per heavy atom. The van der Waals surface area contributed by atoms with E-state index >= 15 is 0 Å². The van der Waals surface area contributed by atoms with Gasteiger partial charge in [-0.3, -0.25) is 0 Å². The second-order valence-electron chi connectivity index (χ2n) is 6.73. The zero-order valence-electron chi connectivity index (χ0n) is 11.8. The lowest BCUT2D eigenvalue weighted by Crippen LogP contribution is -2.53. The van der Waals surface area contributed by atoms with Gasteiger partial charge in [0.25, 0.3) is 0 Å². The van der Waals surface area contributed by atoms with Crippen LogP contribution in [0.5, 0.6) is 0 Å². The van der Waals surface area contributed by atoms with Crippen LogP contribution in [0.4, 0.5) is 0 Å². The van der Waals surface area contributed by atoms with Crippen molar-refractivity contribution in [1.29, 1.82) is 0 Å². The molecule has 108 valence electrons. The molecular weight excluding hydrogens is 250 g/mol. The molecule has 0 aromatic heterocycles. The third-order valence-electron chi connectivity index (χ3n) is 3.61. The Hall–Kier alpha value is -0.130. The van der Waals surface area contributed by atoms with Gasteiger partial charge in [-0.1, -0.05) is 40.0 Å². The van der Waals surface area contributed by atoms with Gasteiger partial charge in [0.05, 0.1) is 17.9 Å². The number of hydrogen-bond donors (Lipinski definition) is 2. The molecule has 0 heterocycles. The minimum atomic E-state index is -3.29. The topological polar surface area (TPSA) is 66.4 Å². The van der Waals surface area contributed by atoms with Crippen LogP contribution in [0.25, 0.3) is 0 Å². The fourth-order valence-corrected chi connectivity index (χ4v) is 4.25. The molecule has 0 saturated heterocycles. The SMILES string of the molecule is CC(C)(C)CCS(=O)(=O)NC1(CO)CCCCC1. The summed E-state index contributed by atoms with van der Waals surface area (Å²) >= 11 is 0. The van der Waals surface area contributed by atoms with E-state index < -0.39 is 15.6 Å². The monoisotopic (exact) mass is 277 g/mol. The van der Waals surface area contributed by atoms with Crippen LogP contribution in [0.2, 0.25) is 0 Å². The molecule has 0 amide bonds. The predicted molar refractivity (Wildman–Crippen MR) is 73.9 cm³/mol. The van der Waals surface area contributed by atoms with Gasteiger partial charge in [0.15, 0.2) is 0 Å². The first kappa shape index (κ1) is 15.9. The van der Waals surface area contributed by atoms with E-state index in [1.807, 2.05) is 20.8 Å². The molecular formula is C13H27NO3S. The summed E-state index contributed by atoms with van der Waals surface area (Å²) in [4.78, 5) is 0. The number of hydrogen-bond acceptors (Lipinski definition) is 3. The van der Waals surface area contributed by atoms with E-state index in [0.29, 0.717) is 6.42 Å². The highest BCUT2D eigenvalue weighted by Crippen LogP contribution is 2.29. The molecule has 1 fully saturated rings. The molecule has 1 rings (SSSR count). The van der Waals surface area contributed by atoms with E-state index in [0.717, 1.165) is 32.1 Å². The first-order chi connectivity index (χ1) is 8.18. The van der Waals surface area contributed by atoms with Gasteiger partial charge < -0.3 is 5.11 Å². The number of aliphatic hydroxyl groups excluding tert-OH is 1. The van der Waals surface area contributed by atoms with Crippen molar-refractivity contribution >= 4 is 10.0 Å². The lowest BCUT2D eigenvalue weighted by Gasteiger charge is -2.36. The van der Waals surface area contributed by atoms with Gasteiger partial charge in [-0.15, -0.1) is 0 Å². The van der Waals surface area contributed by atoms with Crippen LogP contribution in [-0.2, 0) is 10.0 Å². The standard InChI is InChI=1S/C13H27NO3S/c1-12(2,3)9-10-18(16,17)14-13(11-15)7-5-4-6-8-13/h14-15H,4-11H2,1-3H3. The van der Waals surface area contributed by atoms with E-state index in [9.17, 15) is 13.5 Å². The fourth-order valence-electron chi connectivity index (χ4n) is 2.34. The summed E-state index contributed by atoms with van der Waals surface area (Å²) in [6, 6.07) is 0. The highest BCUT2D eigenvalue weighted by Gasteiger charge is 2.35. The quantitative estimate of drug-likeness (QED) is 0.808. The number of nitrogens with one attached hydrogen (secondary N) is 1. The van der Waals surface area contributed by atoms with Crippen LogP contribution < -0.4 is 4.72 Å². The highest BCUT2D eigenvalue weighted by molar-refractivity contribution is 7.89. The van der Waals surface area contributed by atoms with E-state index in [2.05, 4.69) is 4.72 Å². The molecule has 0 unspecified atom stereocenters. The summed E-state index contributed by atoms with van der Waals surface area (Å²) in [6.45, 7) is 6.00. The fraction of sp³-hybridized carbons (Fsp3) is 1.00. The first-order valence-electron chi connectivity index (χ1n) is 6.81. The summed E-state index contributed by atoms with van der Waals surface area (Å²) in [5, 5.41) is 9.51. The van der Waals surface area contributed by atoms with Gasteiger partial charge in [0.2, 0.25) is 10.0 Å². The maximum Gasteiger partial charge on any atom is 0.212 e. The molecule has 5 heteroatoms. The molecule has 4 nitrogen and oxygen atoms in total. The molecule has 0 bridgehead atoms. The third-order valence-corrected chi connectivity index (χ3v) is 5.09. The van der Waals surface area contributed by atoms with Crippen LogP contribution in [0.1, 0.15) is 59.3 Å². The number of aliphatic hydroxyl groups is 1. The molecule has 2 N–H and O–H groups in total. The summed E-state index contributed by atoms with van der Waals surface area (Å²) in [6.07, 6.45) is 5.23. The van der Waals surface area contributed by atoms with Gasteiger partial charge in [0, 0.05) is 0 Å². The Morgan fingerprint density at radius 3 is 2.17 bits per heavy atom. The Morgan fingerprint density at radius 2 is 1.72 bits per heavy atom. The van der Waals surface area contributed by atoms with Gasteiger partial charge in [-0.2, -0.15) is 0 Å². The minimum Gasteiger partial charge on any atom is -0.394 e. The second-order valence-corrected chi connectivity index (χ2v) is 8.57. The Kier molecular flexibility index (Phi) is 5.21. The lowest BCUT2D eigenvalue weighted by atomic mass is 9.83. The van der Waals surface area contributed by atoms with Crippen LogP contribution in [-0.4, -0.2) is 31.4 Å². The summed E-state index contributed by atoms with van der Waals surface area (Å²) in [5.74, 6) is 0.137. The average molecular weight is 277 g/mol. The van der Waals surface area contributed by atoms with Crippen LogP contribution in [0.3, 0.4) is 0 Å². The Labute approximate surface area is 111 Å². The molecule has 18 heavy (non-hydrogen) atoms. The van der Waals surface area contributed by atoms with Crippen molar-refractivity contribution in [3.63, 3.8) is 0 Å². The van der Waals surface area contributed by atoms with Crippen molar-refractivity contribution in [3.8, 4) is 0 Å². The molecule has 0 radical (unpaired) electrons. The zero-order valence-corrected chi connectivity index (χ0v) is 12.6. The smallest absolute Gasteiger partial charge is 0.212 e. The normalized spacial score (nSPS) is 20.9. The first-order valence-corrected chi connectivity index (χ1v) is 8.46. The molecule has 0 atom stereocenters. The zero-order chi connectivity index (χ0) is 13.9. The molecule has 1 aliphatic rings. The van der Waals surface area contributed by atoms with Gasteiger partial charge >= 0.3 is 0 Å². The van der Waals surface area contributed by atoms with Crippen molar-refractivity contribution in [3.05, 3.63) is 0 Å². The van der Waals surface area contributed by atoms with Gasteiger partial charge in [-0.25, -0.2) is 13.1 Å². The van der Waals surface area contributed by atoms with Crippen LogP contribution >= 0.6 is 0 Å². The summed E-state index contributed by atoms with van der Waals surface area (Å²) in [5.41, 5.74) is -0.595. The average Bonchev–Trinajstić information content (AvgIpc) is 2.27. The summed E-state index contributed by atoms with van der Waals surface area (Å²) < 4.78 is 26.9. The molecule has 0 aromatic carbocycles. The predicted octanol–water partition coefficient (Wildman–Crippen LogP) is 2.04. The second kappa shape index (κ2) is 5.88. The molecule has 0 aliphatic heterocycles.